The summed E-state index contributed by atoms with van der Waals surface area (Å²) in [6, 6.07) is 12.0. The summed E-state index contributed by atoms with van der Waals surface area (Å²) >= 11 is 1.34. The maximum atomic E-state index is 12.3. The van der Waals surface area contributed by atoms with Gasteiger partial charge in [-0.1, -0.05) is 6.07 Å². The molecule has 2 N–H and O–H groups in total. The van der Waals surface area contributed by atoms with Gasteiger partial charge in [-0.3, -0.25) is 14.3 Å². The number of carbonyl (C=O) groups is 2. The standard InChI is InChI=1S/C17H16N4O3S/c1-21-15(19-17(23)14-4-3-9-25-14)10-13(20-21)16(22)18-11-5-7-12(24-2)8-6-11/h3-10H,1-2H3,(H,18,22)(H,19,23). The minimum absolute atomic E-state index is 0.208. The Bertz CT molecular complexity index is 885. The summed E-state index contributed by atoms with van der Waals surface area (Å²) in [6.45, 7) is 0. The lowest BCUT2D eigenvalue weighted by atomic mass is 10.3. The lowest BCUT2D eigenvalue weighted by molar-refractivity contribution is 0.101. The summed E-state index contributed by atoms with van der Waals surface area (Å²) in [5.41, 5.74) is 0.834. The molecule has 8 heteroatoms. The Hall–Kier alpha value is -3.13. The van der Waals surface area contributed by atoms with E-state index in [9.17, 15) is 9.59 Å². The Morgan fingerprint density at radius 3 is 2.52 bits per heavy atom. The lowest BCUT2D eigenvalue weighted by Crippen LogP contribution is -2.13. The monoisotopic (exact) mass is 356 g/mol. The number of aromatic nitrogens is 2. The average Bonchev–Trinajstić information content (AvgIpc) is 3.26. The highest BCUT2D eigenvalue weighted by Crippen LogP contribution is 2.17. The van der Waals surface area contributed by atoms with Gasteiger partial charge in [-0.05, 0) is 35.7 Å². The van der Waals surface area contributed by atoms with Gasteiger partial charge in [0.1, 0.15) is 11.6 Å². The third kappa shape index (κ3) is 3.86. The maximum absolute atomic E-state index is 12.3. The summed E-state index contributed by atoms with van der Waals surface area (Å²) in [5, 5.41) is 11.5. The van der Waals surface area contributed by atoms with Gasteiger partial charge < -0.3 is 15.4 Å². The molecule has 0 radical (unpaired) electrons. The molecule has 2 aromatic heterocycles. The number of nitrogens with zero attached hydrogens (tertiary/aromatic N) is 2. The van der Waals surface area contributed by atoms with Crippen molar-refractivity contribution in [2.24, 2.45) is 7.05 Å². The van der Waals surface area contributed by atoms with Crippen LogP contribution in [0.25, 0.3) is 0 Å². The summed E-state index contributed by atoms with van der Waals surface area (Å²) in [4.78, 5) is 25.0. The summed E-state index contributed by atoms with van der Waals surface area (Å²) in [5.74, 6) is 0.546. The molecule has 2 amide bonds. The Morgan fingerprint density at radius 2 is 1.88 bits per heavy atom. The first-order chi connectivity index (χ1) is 12.1. The van der Waals surface area contributed by atoms with Crippen LogP contribution in [0, 0.1) is 0 Å². The third-order valence-corrected chi connectivity index (χ3v) is 4.32. The molecule has 0 atom stereocenters. The van der Waals surface area contributed by atoms with E-state index in [1.807, 2.05) is 5.38 Å². The fraction of sp³-hybridized carbons (Fsp3) is 0.118. The molecular formula is C17H16N4O3S. The zero-order chi connectivity index (χ0) is 17.8. The normalized spacial score (nSPS) is 10.3. The molecular weight excluding hydrogens is 340 g/mol. The van der Waals surface area contributed by atoms with E-state index >= 15 is 0 Å². The van der Waals surface area contributed by atoms with Crippen LogP contribution >= 0.6 is 11.3 Å². The van der Waals surface area contributed by atoms with Crippen LogP contribution in [0.2, 0.25) is 0 Å². The summed E-state index contributed by atoms with van der Waals surface area (Å²) < 4.78 is 6.53. The first-order valence-electron chi connectivity index (χ1n) is 7.41. The van der Waals surface area contributed by atoms with Gasteiger partial charge >= 0.3 is 0 Å². The van der Waals surface area contributed by atoms with Crippen molar-refractivity contribution in [2.75, 3.05) is 17.7 Å². The quantitative estimate of drug-likeness (QED) is 0.736. The van der Waals surface area contributed by atoms with E-state index in [-0.39, 0.29) is 17.5 Å². The van der Waals surface area contributed by atoms with Crippen molar-refractivity contribution >= 4 is 34.7 Å². The van der Waals surface area contributed by atoms with Crippen LogP contribution < -0.4 is 15.4 Å². The molecule has 0 fully saturated rings. The fourth-order valence-electron chi connectivity index (χ4n) is 2.15. The van der Waals surface area contributed by atoms with Crippen molar-refractivity contribution < 1.29 is 14.3 Å². The van der Waals surface area contributed by atoms with Gasteiger partial charge in [-0.15, -0.1) is 11.3 Å². The smallest absolute Gasteiger partial charge is 0.276 e. The number of rotatable bonds is 5. The molecule has 0 aliphatic rings. The molecule has 25 heavy (non-hydrogen) atoms. The van der Waals surface area contributed by atoms with E-state index in [2.05, 4.69) is 15.7 Å². The highest BCUT2D eigenvalue weighted by Gasteiger charge is 2.15. The fourth-order valence-corrected chi connectivity index (χ4v) is 2.77. The number of aryl methyl sites for hydroxylation is 1. The van der Waals surface area contributed by atoms with E-state index in [0.717, 1.165) is 0 Å². The number of amides is 2. The van der Waals surface area contributed by atoms with Gasteiger partial charge in [0.15, 0.2) is 5.69 Å². The van der Waals surface area contributed by atoms with E-state index in [4.69, 9.17) is 4.74 Å². The van der Waals surface area contributed by atoms with Crippen LogP contribution in [0.1, 0.15) is 20.2 Å². The third-order valence-electron chi connectivity index (χ3n) is 3.45. The molecule has 0 bridgehead atoms. The molecule has 2 heterocycles. The van der Waals surface area contributed by atoms with Crippen LogP contribution in [0.15, 0.2) is 47.8 Å². The highest BCUT2D eigenvalue weighted by atomic mass is 32.1. The number of thiophene rings is 1. The number of hydrogen-bond acceptors (Lipinski definition) is 5. The second-order valence-electron chi connectivity index (χ2n) is 5.15. The van der Waals surface area contributed by atoms with Crippen LogP contribution in [0.3, 0.4) is 0 Å². The summed E-state index contributed by atoms with van der Waals surface area (Å²) in [6.07, 6.45) is 0. The molecule has 7 nitrogen and oxygen atoms in total. The highest BCUT2D eigenvalue weighted by molar-refractivity contribution is 7.12. The van der Waals surface area contributed by atoms with Crippen LogP contribution in [-0.4, -0.2) is 28.7 Å². The van der Waals surface area contributed by atoms with Gasteiger partial charge in [0, 0.05) is 18.8 Å². The minimum Gasteiger partial charge on any atom is -0.497 e. The van der Waals surface area contributed by atoms with Crippen molar-refractivity contribution in [1.29, 1.82) is 0 Å². The van der Waals surface area contributed by atoms with Crippen molar-refractivity contribution in [1.82, 2.24) is 9.78 Å². The second-order valence-corrected chi connectivity index (χ2v) is 6.10. The van der Waals surface area contributed by atoms with E-state index in [1.54, 1.807) is 50.6 Å². The first kappa shape index (κ1) is 16.7. The van der Waals surface area contributed by atoms with Crippen molar-refractivity contribution in [3.63, 3.8) is 0 Å². The number of benzene rings is 1. The second kappa shape index (κ2) is 7.18. The molecule has 0 aliphatic heterocycles. The Kier molecular flexibility index (Phi) is 4.80. The number of anilines is 2. The van der Waals surface area contributed by atoms with Gasteiger partial charge in [-0.25, -0.2) is 0 Å². The SMILES string of the molecule is COc1ccc(NC(=O)c2cc(NC(=O)c3cccs3)n(C)n2)cc1. The number of hydrogen-bond donors (Lipinski definition) is 2. The summed E-state index contributed by atoms with van der Waals surface area (Å²) in [7, 11) is 3.24. The van der Waals surface area contributed by atoms with Gasteiger partial charge in [0.05, 0.1) is 12.0 Å². The average molecular weight is 356 g/mol. The topological polar surface area (TPSA) is 85.3 Å². The Morgan fingerprint density at radius 1 is 1.12 bits per heavy atom. The zero-order valence-electron chi connectivity index (χ0n) is 13.6. The first-order valence-corrected chi connectivity index (χ1v) is 8.29. The van der Waals surface area contributed by atoms with Crippen LogP contribution in [0.5, 0.6) is 5.75 Å². The van der Waals surface area contributed by atoms with Gasteiger partial charge in [0.25, 0.3) is 11.8 Å². The van der Waals surface area contributed by atoms with E-state index in [0.29, 0.717) is 22.1 Å². The van der Waals surface area contributed by atoms with Crippen molar-refractivity contribution in [3.8, 4) is 5.75 Å². The molecule has 0 saturated carbocycles. The number of ether oxygens (including phenoxy) is 1. The molecule has 0 saturated heterocycles. The van der Waals surface area contributed by atoms with Gasteiger partial charge in [0.2, 0.25) is 0 Å². The molecule has 0 aliphatic carbocycles. The van der Waals surface area contributed by atoms with E-state index < -0.39 is 0 Å². The Labute approximate surface area is 148 Å². The number of nitrogens with one attached hydrogen (secondary N) is 2. The molecule has 1 aromatic carbocycles. The maximum Gasteiger partial charge on any atom is 0.276 e. The van der Waals surface area contributed by atoms with Crippen LogP contribution in [0.4, 0.5) is 11.5 Å². The van der Waals surface area contributed by atoms with Crippen molar-refractivity contribution in [3.05, 3.63) is 58.4 Å². The lowest BCUT2D eigenvalue weighted by Gasteiger charge is -2.04. The minimum atomic E-state index is -0.364. The zero-order valence-corrected chi connectivity index (χ0v) is 14.5. The van der Waals surface area contributed by atoms with Gasteiger partial charge in [-0.2, -0.15) is 5.10 Å². The molecule has 0 spiro atoms. The predicted octanol–water partition coefficient (Wildman–Crippen LogP) is 2.99. The van der Waals surface area contributed by atoms with Crippen molar-refractivity contribution in [2.45, 2.75) is 0 Å². The molecule has 128 valence electrons. The predicted molar refractivity (Wildman–Crippen MR) is 96.4 cm³/mol. The number of methoxy groups -OCH3 is 1. The Balaban J connectivity index is 1.70. The number of carbonyl (C=O) groups excluding carboxylic acids is 2. The molecule has 3 aromatic rings. The molecule has 3 rings (SSSR count). The molecule has 0 unspecified atom stereocenters. The van der Waals surface area contributed by atoms with Crippen LogP contribution in [-0.2, 0) is 7.05 Å². The van der Waals surface area contributed by atoms with E-state index in [1.165, 1.54) is 22.1 Å². The largest absolute Gasteiger partial charge is 0.497 e.